The minimum atomic E-state index is 0.601. The maximum atomic E-state index is 3.79. The molecule has 16 heavy (non-hydrogen) atoms. The smallest absolute Gasteiger partial charge is 0.0149 e. The standard InChI is InChI=1S/C16H18/c1-3-4-8-13(2)15-12-7-10-14-9-5-6-11-16(14)15/h3,5-7,9-13H,1,4,8H2,2H3. The second-order valence-corrected chi connectivity index (χ2v) is 4.34. The molecule has 0 fully saturated rings. The number of allylic oxidation sites excluding steroid dienone is 1. The van der Waals surface area contributed by atoms with Gasteiger partial charge in [-0.25, -0.2) is 0 Å². The van der Waals surface area contributed by atoms with E-state index >= 15 is 0 Å². The van der Waals surface area contributed by atoms with Crippen LogP contribution in [-0.2, 0) is 0 Å². The van der Waals surface area contributed by atoms with Gasteiger partial charge in [-0.2, -0.15) is 0 Å². The van der Waals surface area contributed by atoms with Gasteiger partial charge in [0, 0.05) is 0 Å². The quantitative estimate of drug-likeness (QED) is 0.629. The minimum absolute atomic E-state index is 0.601. The fourth-order valence-corrected chi connectivity index (χ4v) is 2.20. The number of hydrogen-bond donors (Lipinski definition) is 0. The van der Waals surface area contributed by atoms with Crippen molar-refractivity contribution in [2.75, 3.05) is 0 Å². The van der Waals surface area contributed by atoms with E-state index in [4.69, 9.17) is 0 Å². The molecule has 0 spiro atoms. The summed E-state index contributed by atoms with van der Waals surface area (Å²) in [5.41, 5.74) is 1.46. The van der Waals surface area contributed by atoms with E-state index in [1.165, 1.54) is 22.8 Å². The monoisotopic (exact) mass is 210 g/mol. The third-order valence-corrected chi connectivity index (χ3v) is 3.16. The van der Waals surface area contributed by atoms with Crippen molar-refractivity contribution >= 4 is 10.8 Å². The molecule has 0 radical (unpaired) electrons. The summed E-state index contributed by atoms with van der Waals surface area (Å²) in [6.07, 6.45) is 4.27. The normalized spacial score (nSPS) is 12.6. The van der Waals surface area contributed by atoms with Gasteiger partial charge in [0.05, 0.1) is 0 Å². The molecule has 0 bridgehead atoms. The molecule has 0 N–H and O–H groups in total. The average Bonchev–Trinajstić information content (AvgIpc) is 2.35. The SMILES string of the molecule is C=CCCC(C)c1cccc2ccccc12. The number of benzene rings is 2. The van der Waals surface area contributed by atoms with E-state index in [2.05, 4.69) is 56.0 Å². The summed E-state index contributed by atoms with van der Waals surface area (Å²) in [7, 11) is 0. The lowest BCUT2D eigenvalue weighted by Crippen LogP contribution is -1.94. The molecule has 0 nitrogen and oxygen atoms in total. The molecule has 0 heteroatoms. The lowest BCUT2D eigenvalue weighted by molar-refractivity contribution is 0.696. The first-order chi connectivity index (χ1) is 7.83. The van der Waals surface area contributed by atoms with Crippen molar-refractivity contribution in [2.24, 2.45) is 0 Å². The van der Waals surface area contributed by atoms with E-state index in [9.17, 15) is 0 Å². The first-order valence-corrected chi connectivity index (χ1v) is 5.91. The van der Waals surface area contributed by atoms with E-state index in [0.29, 0.717) is 5.92 Å². The molecule has 0 saturated carbocycles. The highest BCUT2D eigenvalue weighted by atomic mass is 14.1. The summed E-state index contributed by atoms with van der Waals surface area (Å²) in [6, 6.07) is 15.2. The van der Waals surface area contributed by atoms with Crippen LogP contribution in [0.15, 0.2) is 55.1 Å². The Morgan fingerprint density at radius 3 is 2.69 bits per heavy atom. The second kappa shape index (κ2) is 4.98. The topological polar surface area (TPSA) is 0 Å². The fraction of sp³-hybridized carbons (Fsp3) is 0.250. The highest BCUT2D eigenvalue weighted by Crippen LogP contribution is 2.28. The van der Waals surface area contributed by atoms with E-state index < -0.39 is 0 Å². The van der Waals surface area contributed by atoms with Gasteiger partial charge < -0.3 is 0 Å². The summed E-state index contributed by atoms with van der Waals surface area (Å²) in [6.45, 7) is 6.09. The van der Waals surface area contributed by atoms with Crippen molar-refractivity contribution in [3.8, 4) is 0 Å². The van der Waals surface area contributed by atoms with E-state index in [-0.39, 0.29) is 0 Å². The Hall–Kier alpha value is -1.56. The van der Waals surface area contributed by atoms with Gasteiger partial charge in [0.15, 0.2) is 0 Å². The summed E-state index contributed by atoms with van der Waals surface area (Å²) in [5.74, 6) is 0.601. The molecule has 1 atom stereocenters. The molecule has 0 aliphatic rings. The molecule has 0 heterocycles. The zero-order valence-corrected chi connectivity index (χ0v) is 9.82. The maximum Gasteiger partial charge on any atom is -0.0149 e. The van der Waals surface area contributed by atoms with Gasteiger partial charge in [-0.3, -0.25) is 0 Å². The zero-order chi connectivity index (χ0) is 11.4. The third kappa shape index (κ3) is 2.16. The molecule has 1 unspecified atom stereocenters. The van der Waals surface area contributed by atoms with Gasteiger partial charge >= 0.3 is 0 Å². The van der Waals surface area contributed by atoms with Crippen LogP contribution in [0.5, 0.6) is 0 Å². The molecule has 0 saturated heterocycles. The molecule has 0 aliphatic heterocycles. The van der Waals surface area contributed by atoms with Crippen LogP contribution in [0.4, 0.5) is 0 Å². The molecule has 2 aromatic carbocycles. The van der Waals surface area contributed by atoms with Gasteiger partial charge in [-0.15, -0.1) is 6.58 Å². The van der Waals surface area contributed by atoms with Gasteiger partial charge in [0.1, 0.15) is 0 Å². The van der Waals surface area contributed by atoms with Crippen LogP contribution >= 0.6 is 0 Å². The number of fused-ring (bicyclic) bond motifs is 1. The minimum Gasteiger partial charge on any atom is -0.103 e. The third-order valence-electron chi connectivity index (χ3n) is 3.16. The molecular formula is C16H18. The van der Waals surface area contributed by atoms with E-state index in [0.717, 1.165) is 6.42 Å². The first kappa shape index (κ1) is 10.9. The van der Waals surface area contributed by atoms with Gasteiger partial charge in [0.2, 0.25) is 0 Å². The van der Waals surface area contributed by atoms with Crippen LogP contribution in [0.25, 0.3) is 10.8 Å². The van der Waals surface area contributed by atoms with Crippen molar-refractivity contribution in [3.63, 3.8) is 0 Å². The van der Waals surface area contributed by atoms with Crippen LogP contribution in [0.2, 0.25) is 0 Å². The van der Waals surface area contributed by atoms with Crippen LogP contribution in [0.3, 0.4) is 0 Å². The van der Waals surface area contributed by atoms with Gasteiger partial charge in [-0.05, 0) is 35.1 Å². The maximum absolute atomic E-state index is 3.79. The predicted octanol–water partition coefficient (Wildman–Crippen LogP) is 4.91. The molecular weight excluding hydrogens is 192 g/mol. The summed E-state index contributed by atoms with van der Waals surface area (Å²) in [5, 5.41) is 2.73. The van der Waals surface area contributed by atoms with Crippen LogP contribution < -0.4 is 0 Å². The Labute approximate surface area is 97.6 Å². The van der Waals surface area contributed by atoms with Crippen molar-refractivity contribution in [2.45, 2.75) is 25.7 Å². The lowest BCUT2D eigenvalue weighted by Gasteiger charge is -2.13. The summed E-state index contributed by atoms with van der Waals surface area (Å²) in [4.78, 5) is 0. The van der Waals surface area contributed by atoms with Crippen LogP contribution in [-0.4, -0.2) is 0 Å². The van der Waals surface area contributed by atoms with Crippen LogP contribution in [0, 0.1) is 0 Å². The van der Waals surface area contributed by atoms with Crippen molar-refractivity contribution in [3.05, 3.63) is 60.7 Å². The molecule has 2 rings (SSSR count). The van der Waals surface area contributed by atoms with Crippen molar-refractivity contribution in [1.82, 2.24) is 0 Å². The average molecular weight is 210 g/mol. The Bertz CT molecular complexity index is 477. The van der Waals surface area contributed by atoms with E-state index in [1.807, 2.05) is 6.08 Å². The van der Waals surface area contributed by atoms with Gasteiger partial charge in [-0.1, -0.05) is 55.5 Å². The van der Waals surface area contributed by atoms with Crippen LogP contribution in [0.1, 0.15) is 31.2 Å². The fourth-order valence-electron chi connectivity index (χ4n) is 2.20. The number of rotatable bonds is 4. The predicted molar refractivity (Wildman–Crippen MR) is 71.8 cm³/mol. The highest BCUT2D eigenvalue weighted by Gasteiger charge is 2.07. The highest BCUT2D eigenvalue weighted by molar-refractivity contribution is 5.86. The van der Waals surface area contributed by atoms with Crippen molar-refractivity contribution in [1.29, 1.82) is 0 Å². The zero-order valence-electron chi connectivity index (χ0n) is 9.82. The molecule has 0 aromatic heterocycles. The van der Waals surface area contributed by atoms with E-state index in [1.54, 1.807) is 0 Å². The lowest BCUT2D eigenvalue weighted by atomic mass is 9.91. The molecule has 0 aliphatic carbocycles. The molecule has 2 aromatic rings. The summed E-state index contributed by atoms with van der Waals surface area (Å²) >= 11 is 0. The Balaban J connectivity index is 2.39. The Kier molecular flexibility index (Phi) is 3.40. The summed E-state index contributed by atoms with van der Waals surface area (Å²) < 4.78 is 0. The van der Waals surface area contributed by atoms with Gasteiger partial charge in [0.25, 0.3) is 0 Å². The first-order valence-electron chi connectivity index (χ1n) is 5.91. The Morgan fingerprint density at radius 2 is 1.88 bits per heavy atom. The molecule has 82 valence electrons. The number of hydrogen-bond acceptors (Lipinski definition) is 0. The van der Waals surface area contributed by atoms with Crippen molar-refractivity contribution < 1.29 is 0 Å². The Morgan fingerprint density at radius 1 is 1.12 bits per heavy atom. The molecule has 0 amide bonds. The second-order valence-electron chi connectivity index (χ2n) is 4.34. The largest absolute Gasteiger partial charge is 0.103 e.